The summed E-state index contributed by atoms with van der Waals surface area (Å²) >= 11 is 0. The van der Waals surface area contributed by atoms with Gasteiger partial charge in [-0.3, -0.25) is 20.2 Å². The first-order valence-electron chi connectivity index (χ1n) is 7.75. The number of para-hydroxylation sites is 4. The number of hydrogen-bond acceptors (Lipinski definition) is 7. The molecule has 0 atom stereocenters. The van der Waals surface area contributed by atoms with E-state index in [1.54, 1.807) is 36.4 Å². The summed E-state index contributed by atoms with van der Waals surface area (Å²) < 4.78 is 0. The number of benzene rings is 2. The zero-order valence-corrected chi connectivity index (χ0v) is 13.5. The molecular formula is C16H19N5O4. The van der Waals surface area contributed by atoms with Gasteiger partial charge in [0.25, 0.3) is 11.4 Å². The summed E-state index contributed by atoms with van der Waals surface area (Å²) in [5, 5.41) is 31.0. The van der Waals surface area contributed by atoms with Gasteiger partial charge in [0.2, 0.25) is 0 Å². The Hall–Kier alpha value is -3.20. The zero-order valence-electron chi connectivity index (χ0n) is 13.5. The van der Waals surface area contributed by atoms with E-state index >= 15 is 0 Å². The topological polar surface area (TPSA) is 122 Å². The second-order valence-electron chi connectivity index (χ2n) is 5.15. The monoisotopic (exact) mass is 345 g/mol. The minimum atomic E-state index is -0.424. The van der Waals surface area contributed by atoms with E-state index < -0.39 is 9.85 Å². The first-order chi connectivity index (χ1) is 12.1. The van der Waals surface area contributed by atoms with Gasteiger partial charge in [0.1, 0.15) is 11.4 Å². The highest BCUT2D eigenvalue weighted by Gasteiger charge is 2.12. The van der Waals surface area contributed by atoms with E-state index in [1.807, 2.05) is 0 Å². The molecule has 0 saturated heterocycles. The maximum absolute atomic E-state index is 10.9. The molecule has 2 aromatic carbocycles. The van der Waals surface area contributed by atoms with Crippen molar-refractivity contribution in [3.8, 4) is 0 Å². The van der Waals surface area contributed by atoms with Gasteiger partial charge in [-0.05, 0) is 12.1 Å². The smallest absolute Gasteiger partial charge is 0.292 e. The summed E-state index contributed by atoms with van der Waals surface area (Å²) in [6.07, 6.45) is 0. The second-order valence-corrected chi connectivity index (χ2v) is 5.15. The highest BCUT2D eigenvalue weighted by molar-refractivity contribution is 5.61. The third kappa shape index (κ3) is 5.43. The van der Waals surface area contributed by atoms with Gasteiger partial charge in [-0.1, -0.05) is 24.3 Å². The first kappa shape index (κ1) is 18.1. The van der Waals surface area contributed by atoms with Gasteiger partial charge in [-0.15, -0.1) is 0 Å². The second kappa shape index (κ2) is 9.18. The molecule has 0 radical (unpaired) electrons. The molecule has 132 valence electrons. The molecule has 0 saturated carbocycles. The maximum Gasteiger partial charge on any atom is 0.292 e. The lowest BCUT2D eigenvalue weighted by molar-refractivity contribution is -0.384. The molecule has 0 spiro atoms. The average Bonchev–Trinajstić information content (AvgIpc) is 2.61. The molecule has 3 N–H and O–H groups in total. The Bertz CT molecular complexity index is 676. The normalized spacial score (nSPS) is 10.2. The van der Waals surface area contributed by atoms with Crippen LogP contribution in [0.3, 0.4) is 0 Å². The Kier molecular flexibility index (Phi) is 6.66. The van der Waals surface area contributed by atoms with E-state index in [4.69, 9.17) is 0 Å². The largest absolute Gasteiger partial charge is 0.378 e. The summed E-state index contributed by atoms with van der Waals surface area (Å²) in [7, 11) is 0. The van der Waals surface area contributed by atoms with Crippen molar-refractivity contribution in [2.75, 3.05) is 36.8 Å². The van der Waals surface area contributed by atoms with Crippen molar-refractivity contribution in [3.05, 3.63) is 68.8 Å². The number of anilines is 2. The predicted molar refractivity (Wildman–Crippen MR) is 96.0 cm³/mol. The average molecular weight is 345 g/mol. The van der Waals surface area contributed by atoms with Crippen molar-refractivity contribution in [2.45, 2.75) is 0 Å². The molecule has 0 aliphatic rings. The van der Waals surface area contributed by atoms with Crippen molar-refractivity contribution in [3.63, 3.8) is 0 Å². The van der Waals surface area contributed by atoms with Crippen molar-refractivity contribution in [1.82, 2.24) is 5.32 Å². The lowest BCUT2D eigenvalue weighted by Crippen LogP contribution is -2.27. The van der Waals surface area contributed by atoms with Gasteiger partial charge in [-0.2, -0.15) is 0 Å². The SMILES string of the molecule is O=[N+]([O-])c1ccccc1NCCNCCNc1ccccc1[N+](=O)[O-]. The fourth-order valence-corrected chi connectivity index (χ4v) is 2.26. The van der Waals surface area contributed by atoms with Crippen LogP contribution in [0.1, 0.15) is 0 Å². The Labute approximate surface area is 144 Å². The summed E-state index contributed by atoms with van der Waals surface area (Å²) in [6.45, 7) is 2.25. The molecule has 2 aromatic rings. The van der Waals surface area contributed by atoms with E-state index in [-0.39, 0.29) is 11.4 Å². The molecule has 0 heterocycles. The highest BCUT2D eigenvalue weighted by atomic mass is 16.6. The molecule has 0 aliphatic heterocycles. The summed E-state index contributed by atoms with van der Waals surface area (Å²) in [4.78, 5) is 21.0. The zero-order chi connectivity index (χ0) is 18.1. The van der Waals surface area contributed by atoms with Crippen molar-refractivity contribution in [1.29, 1.82) is 0 Å². The molecule has 9 nitrogen and oxygen atoms in total. The van der Waals surface area contributed by atoms with Crippen LogP contribution in [0.5, 0.6) is 0 Å². The Morgan fingerprint density at radius 3 is 1.48 bits per heavy atom. The number of nitrogens with zero attached hydrogens (tertiary/aromatic N) is 2. The van der Waals surface area contributed by atoms with Gasteiger partial charge in [0, 0.05) is 38.3 Å². The molecular weight excluding hydrogens is 326 g/mol. The van der Waals surface area contributed by atoms with Crippen molar-refractivity contribution >= 4 is 22.7 Å². The number of hydrogen-bond donors (Lipinski definition) is 3. The standard InChI is InChI=1S/C16H19N5O4/c22-20(23)15-7-3-1-5-13(15)18-11-9-17-10-12-19-14-6-2-4-8-16(14)21(24)25/h1-8,17-19H,9-12H2. The lowest BCUT2D eigenvalue weighted by Gasteiger charge is -2.09. The van der Waals surface area contributed by atoms with E-state index in [0.717, 1.165) is 0 Å². The predicted octanol–water partition coefficient (Wildman–Crippen LogP) is 2.62. The molecule has 0 aromatic heterocycles. The van der Waals surface area contributed by atoms with Gasteiger partial charge < -0.3 is 16.0 Å². The third-order valence-electron chi connectivity index (χ3n) is 3.44. The fourth-order valence-electron chi connectivity index (χ4n) is 2.26. The highest BCUT2D eigenvalue weighted by Crippen LogP contribution is 2.23. The lowest BCUT2D eigenvalue weighted by atomic mass is 10.2. The molecule has 0 bridgehead atoms. The van der Waals surface area contributed by atoms with Crippen LogP contribution in [-0.2, 0) is 0 Å². The molecule has 9 heteroatoms. The van der Waals surface area contributed by atoms with Crippen LogP contribution in [0, 0.1) is 20.2 Å². The Morgan fingerprint density at radius 1 is 0.680 bits per heavy atom. The van der Waals surface area contributed by atoms with Crippen LogP contribution >= 0.6 is 0 Å². The summed E-state index contributed by atoms with van der Waals surface area (Å²) in [5.74, 6) is 0. The van der Waals surface area contributed by atoms with E-state index in [2.05, 4.69) is 16.0 Å². The van der Waals surface area contributed by atoms with Crippen molar-refractivity contribution in [2.24, 2.45) is 0 Å². The molecule has 0 aliphatic carbocycles. The number of nitro benzene ring substituents is 2. The Morgan fingerprint density at radius 2 is 1.08 bits per heavy atom. The number of rotatable bonds is 10. The van der Waals surface area contributed by atoms with Gasteiger partial charge in [0.05, 0.1) is 9.85 Å². The number of nitrogens with one attached hydrogen (secondary N) is 3. The van der Waals surface area contributed by atoms with Crippen LogP contribution in [-0.4, -0.2) is 36.0 Å². The van der Waals surface area contributed by atoms with Gasteiger partial charge in [-0.25, -0.2) is 0 Å². The maximum atomic E-state index is 10.9. The Balaban J connectivity index is 1.68. The van der Waals surface area contributed by atoms with E-state index in [9.17, 15) is 20.2 Å². The molecule has 2 rings (SSSR count). The molecule has 25 heavy (non-hydrogen) atoms. The van der Waals surface area contributed by atoms with Crippen LogP contribution in [0.4, 0.5) is 22.7 Å². The molecule has 0 unspecified atom stereocenters. The minimum Gasteiger partial charge on any atom is -0.378 e. The van der Waals surface area contributed by atoms with Crippen LogP contribution in [0.15, 0.2) is 48.5 Å². The number of nitro groups is 2. The minimum absolute atomic E-state index is 0.0422. The van der Waals surface area contributed by atoms with Gasteiger partial charge in [0.15, 0.2) is 0 Å². The van der Waals surface area contributed by atoms with Crippen LogP contribution in [0.2, 0.25) is 0 Å². The summed E-state index contributed by atoms with van der Waals surface area (Å²) in [5.41, 5.74) is 1.04. The fraction of sp³-hybridized carbons (Fsp3) is 0.250. The van der Waals surface area contributed by atoms with Crippen molar-refractivity contribution < 1.29 is 9.85 Å². The molecule has 0 fully saturated rings. The first-order valence-corrected chi connectivity index (χ1v) is 7.75. The molecule has 0 amide bonds. The van der Waals surface area contributed by atoms with Crippen LogP contribution < -0.4 is 16.0 Å². The van der Waals surface area contributed by atoms with Gasteiger partial charge >= 0.3 is 0 Å². The summed E-state index contributed by atoms with van der Waals surface area (Å²) in [6, 6.07) is 12.9. The van der Waals surface area contributed by atoms with Crippen LogP contribution in [0.25, 0.3) is 0 Å². The third-order valence-corrected chi connectivity index (χ3v) is 3.44. The quantitative estimate of drug-likeness (QED) is 0.343. The van der Waals surface area contributed by atoms with E-state index in [1.165, 1.54) is 12.1 Å². The van der Waals surface area contributed by atoms with E-state index in [0.29, 0.717) is 37.6 Å².